The summed E-state index contributed by atoms with van der Waals surface area (Å²) >= 11 is 0. The molecule has 1 aromatic carbocycles. The highest BCUT2D eigenvalue weighted by molar-refractivity contribution is 5.50. The third-order valence-electron chi connectivity index (χ3n) is 4.31. The molecular formula is C18H26N6O. The number of phenols is 1. The molecule has 134 valence electrons. The molecule has 3 N–H and O–H groups in total. The monoisotopic (exact) mass is 342 g/mol. The summed E-state index contributed by atoms with van der Waals surface area (Å²) in [7, 11) is 0. The maximum atomic E-state index is 9.30. The Morgan fingerprint density at radius 1 is 0.840 bits per heavy atom. The highest BCUT2D eigenvalue weighted by atomic mass is 16.3. The molecule has 0 saturated carbocycles. The van der Waals surface area contributed by atoms with E-state index < -0.39 is 0 Å². The van der Waals surface area contributed by atoms with Crippen LogP contribution in [0.1, 0.15) is 0 Å². The van der Waals surface area contributed by atoms with Crippen molar-refractivity contribution >= 4 is 11.5 Å². The average molecular weight is 342 g/mol. The number of rotatable bonds is 2. The summed E-state index contributed by atoms with van der Waals surface area (Å²) in [6.07, 6.45) is 1.70. The molecule has 0 aliphatic carbocycles. The van der Waals surface area contributed by atoms with Gasteiger partial charge in [0.1, 0.15) is 5.75 Å². The van der Waals surface area contributed by atoms with Crippen LogP contribution in [0.15, 0.2) is 42.6 Å². The number of aromatic hydroxyl groups is 1. The predicted molar refractivity (Wildman–Crippen MR) is 100 cm³/mol. The van der Waals surface area contributed by atoms with Gasteiger partial charge >= 0.3 is 0 Å². The van der Waals surface area contributed by atoms with E-state index in [2.05, 4.69) is 30.6 Å². The Hall–Kier alpha value is -2.38. The van der Waals surface area contributed by atoms with Crippen molar-refractivity contribution in [1.82, 2.24) is 20.8 Å². The average Bonchev–Trinajstić information content (AvgIpc) is 2.71. The molecule has 2 aromatic rings. The van der Waals surface area contributed by atoms with Gasteiger partial charge < -0.3 is 25.5 Å². The molecule has 0 atom stereocenters. The molecule has 3 heterocycles. The number of piperazine rings is 2. The van der Waals surface area contributed by atoms with Gasteiger partial charge in [0.25, 0.3) is 0 Å². The lowest BCUT2D eigenvalue weighted by Crippen LogP contribution is -2.43. The fraction of sp³-hybridized carbons (Fsp3) is 0.444. The SMILES string of the molecule is Oc1cccc(N2CCNCC2)c1.c1cnnc(N2CCNCC2)c1. The first-order valence-corrected chi connectivity index (χ1v) is 8.81. The Labute approximate surface area is 148 Å². The lowest BCUT2D eigenvalue weighted by Gasteiger charge is -2.29. The zero-order valence-corrected chi connectivity index (χ0v) is 14.4. The zero-order valence-electron chi connectivity index (χ0n) is 14.4. The van der Waals surface area contributed by atoms with Gasteiger partial charge in [-0.05, 0) is 24.3 Å². The van der Waals surface area contributed by atoms with E-state index in [4.69, 9.17) is 0 Å². The highest BCUT2D eigenvalue weighted by Gasteiger charge is 2.11. The van der Waals surface area contributed by atoms with Crippen molar-refractivity contribution in [2.75, 3.05) is 62.2 Å². The first-order chi connectivity index (χ1) is 12.3. The minimum atomic E-state index is 0.344. The van der Waals surface area contributed by atoms with E-state index in [-0.39, 0.29) is 0 Å². The molecule has 2 aliphatic rings. The van der Waals surface area contributed by atoms with Crippen LogP contribution in [0.3, 0.4) is 0 Å². The maximum absolute atomic E-state index is 9.30. The molecule has 1 aromatic heterocycles. The van der Waals surface area contributed by atoms with Crippen LogP contribution in [0.2, 0.25) is 0 Å². The van der Waals surface area contributed by atoms with Gasteiger partial charge in [0, 0.05) is 70.3 Å². The van der Waals surface area contributed by atoms with Crippen LogP contribution in [-0.2, 0) is 0 Å². The maximum Gasteiger partial charge on any atom is 0.151 e. The Kier molecular flexibility index (Phi) is 6.42. The van der Waals surface area contributed by atoms with Crippen LogP contribution in [0.4, 0.5) is 11.5 Å². The summed E-state index contributed by atoms with van der Waals surface area (Å²) in [6.45, 7) is 8.21. The molecule has 2 aliphatic heterocycles. The van der Waals surface area contributed by atoms with Gasteiger partial charge in [-0.1, -0.05) is 6.07 Å². The van der Waals surface area contributed by atoms with Crippen LogP contribution >= 0.6 is 0 Å². The van der Waals surface area contributed by atoms with Crippen LogP contribution in [0.5, 0.6) is 5.75 Å². The summed E-state index contributed by atoms with van der Waals surface area (Å²) < 4.78 is 0. The van der Waals surface area contributed by atoms with Gasteiger partial charge in [0.05, 0.1) is 0 Å². The number of hydrogen-bond acceptors (Lipinski definition) is 7. The summed E-state index contributed by atoms with van der Waals surface area (Å²) in [5, 5.41) is 23.8. The molecule has 7 heteroatoms. The van der Waals surface area contributed by atoms with E-state index in [0.29, 0.717) is 5.75 Å². The van der Waals surface area contributed by atoms with Gasteiger partial charge in [-0.25, -0.2) is 0 Å². The van der Waals surface area contributed by atoms with E-state index >= 15 is 0 Å². The summed E-state index contributed by atoms with van der Waals surface area (Å²) in [5.41, 5.74) is 1.11. The summed E-state index contributed by atoms with van der Waals surface area (Å²) in [4.78, 5) is 4.51. The molecule has 0 unspecified atom stereocenters. The standard InChI is InChI=1S/C10H14N2O.C8H12N4/c13-10-3-1-2-9(8-10)12-6-4-11-5-7-12;1-2-8(11-10-3-1)12-6-4-9-5-7-12/h1-3,8,11,13H,4-7H2;1-3,9H,4-7H2. The Morgan fingerprint density at radius 2 is 1.52 bits per heavy atom. The van der Waals surface area contributed by atoms with Crippen LogP contribution in [0.25, 0.3) is 0 Å². The third kappa shape index (κ3) is 5.30. The number of phenolic OH excluding ortho intramolecular Hbond substituents is 1. The predicted octanol–water partition coefficient (Wildman–Crippen LogP) is 0.688. The van der Waals surface area contributed by atoms with Crippen molar-refractivity contribution < 1.29 is 5.11 Å². The summed E-state index contributed by atoms with van der Waals surface area (Å²) in [5.74, 6) is 1.33. The number of benzene rings is 1. The Bertz CT molecular complexity index is 626. The van der Waals surface area contributed by atoms with Gasteiger partial charge in [0.15, 0.2) is 5.82 Å². The lowest BCUT2D eigenvalue weighted by molar-refractivity contribution is 0.475. The Balaban J connectivity index is 0.000000146. The van der Waals surface area contributed by atoms with Crippen LogP contribution in [-0.4, -0.2) is 67.7 Å². The van der Waals surface area contributed by atoms with E-state index in [9.17, 15) is 5.11 Å². The van der Waals surface area contributed by atoms with Crippen molar-refractivity contribution in [3.8, 4) is 5.75 Å². The molecule has 0 spiro atoms. The number of nitrogens with one attached hydrogen (secondary N) is 2. The van der Waals surface area contributed by atoms with E-state index in [1.807, 2.05) is 30.3 Å². The summed E-state index contributed by atoms with van der Waals surface area (Å²) in [6, 6.07) is 11.3. The third-order valence-corrected chi connectivity index (χ3v) is 4.31. The van der Waals surface area contributed by atoms with Crippen LogP contribution < -0.4 is 20.4 Å². The molecule has 4 rings (SSSR count). The molecule has 7 nitrogen and oxygen atoms in total. The molecule has 0 amide bonds. The van der Waals surface area contributed by atoms with Crippen molar-refractivity contribution in [3.05, 3.63) is 42.6 Å². The number of hydrogen-bond donors (Lipinski definition) is 3. The van der Waals surface area contributed by atoms with Crippen molar-refractivity contribution in [1.29, 1.82) is 0 Å². The van der Waals surface area contributed by atoms with Gasteiger partial charge in [-0.15, -0.1) is 5.10 Å². The van der Waals surface area contributed by atoms with Crippen molar-refractivity contribution in [2.24, 2.45) is 0 Å². The second kappa shape index (κ2) is 9.19. The number of aromatic nitrogens is 2. The van der Waals surface area contributed by atoms with E-state index in [1.165, 1.54) is 0 Å². The lowest BCUT2D eigenvalue weighted by atomic mass is 10.2. The quantitative estimate of drug-likeness (QED) is 0.741. The van der Waals surface area contributed by atoms with Gasteiger partial charge in [-0.2, -0.15) is 5.10 Å². The topological polar surface area (TPSA) is 76.5 Å². The van der Waals surface area contributed by atoms with E-state index in [0.717, 1.165) is 63.9 Å². The normalized spacial score (nSPS) is 17.6. The van der Waals surface area contributed by atoms with Gasteiger partial charge in [0.2, 0.25) is 0 Å². The highest BCUT2D eigenvalue weighted by Crippen LogP contribution is 2.19. The molecule has 0 bridgehead atoms. The largest absolute Gasteiger partial charge is 0.508 e. The fourth-order valence-corrected chi connectivity index (χ4v) is 2.97. The van der Waals surface area contributed by atoms with Crippen molar-refractivity contribution in [3.63, 3.8) is 0 Å². The first-order valence-electron chi connectivity index (χ1n) is 8.81. The molecule has 25 heavy (non-hydrogen) atoms. The second-order valence-electron chi connectivity index (χ2n) is 6.08. The Morgan fingerprint density at radius 3 is 2.12 bits per heavy atom. The smallest absolute Gasteiger partial charge is 0.151 e. The second-order valence-corrected chi connectivity index (χ2v) is 6.08. The molecule has 2 fully saturated rings. The first kappa shape index (κ1) is 17.4. The molecule has 2 saturated heterocycles. The minimum Gasteiger partial charge on any atom is -0.508 e. The van der Waals surface area contributed by atoms with Crippen LogP contribution in [0, 0.1) is 0 Å². The fourth-order valence-electron chi connectivity index (χ4n) is 2.97. The number of anilines is 2. The molecule has 0 radical (unpaired) electrons. The minimum absolute atomic E-state index is 0.344. The molecular weight excluding hydrogens is 316 g/mol. The van der Waals surface area contributed by atoms with Crippen molar-refractivity contribution in [2.45, 2.75) is 0 Å². The number of nitrogens with zero attached hydrogens (tertiary/aromatic N) is 4. The zero-order chi connectivity index (χ0) is 17.3. The van der Waals surface area contributed by atoms with Gasteiger partial charge in [-0.3, -0.25) is 0 Å². The van der Waals surface area contributed by atoms with E-state index in [1.54, 1.807) is 12.3 Å².